The molecular formula is C10H16O6. The van der Waals surface area contributed by atoms with Gasteiger partial charge in [0.2, 0.25) is 0 Å². The van der Waals surface area contributed by atoms with E-state index in [1.54, 1.807) is 0 Å². The van der Waals surface area contributed by atoms with Gasteiger partial charge in [0.1, 0.15) is 25.4 Å². The third-order valence-corrected chi connectivity index (χ3v) is 2.58. The number of ether oxygens (including phenoxy) is 6. The maximum atomic E-state index is 5.45. The lowest BCUT2D eigenvalue weighted by Gasteiger charge is -2.28. The third-order valence-electron chi connectivity index (χ3n) is 2.58. The van der Waals surface area contributed by atoms with E-state index < -0.39 is 0 Å². The smallest absolute Gasteiger partial charge is 0.181 e. The van der Waals surface area contributed by atoms with Gasteiger partial charge in [-0.05, 0) is 0 Å². The molecule has 0 aliphatic carbocycles. The number of epoxide rings is 2. The van der Waals surface area contributed by atoms with Crippen LogP contribution in [-0.4, -0.2) is 64.4 Å². The highest BCUT2D eigenvalue weighted by molar-refractivity contribution is 4.69. The Hall–Kier alpha value is -0.240. The molecule has 3 fully saturated rings. The minimum absolute atomic E-state index is 0.254. The second-order valence-electron chi connectivity index (χ2n) is 4.10. The first kappa shape index (κ1) is 10.9. The first-order valence-corrected chi connectivity index (χ1v) is 5.60. The predicted octanol–water partition coefficient (Wildman–Crippen LogP) is -0.484. The van der Waals surface area contributed by atoms with Gasteiger partial charge in [-0.1, -0.05) is 0 Å². The lowest BCUT2D eigenvalue weighted by atomic mass is 10.5. The zero-order chi connectivity index (χ0) is 10.8. The molecule has 92 valence electrons. The molecule has 3 aliphatic heterocycles. The van der Waals surface area contributed by atoms with Crippen LogP contribution in [0.4, 0.5) is 0 Å². The Morgan fingerprint density at radius 3 is 1.44 bits per heavy atom. The van der Waals surface area contributed by atoms with Gasteiger partial charge in [-0.25, -0.2) is 0 Å². The first-order valence-electron chi connectivity index (χ1n) is 5.60. The van der Waals surface area contributed by atoms with Crippen molar-refractivity contribution in [3.8, 4) is 0 Å². The normalized spacial score (nSPS) is 42.0. The molecule has 3 saturated heterocycles. The van der Waals surface area contributed by atoms with E-state index in [1.807, 2.05) is 0 Å². The second-order valence-corrected chi connectivity index (χ2v) is 4.10. The molecule has 0 aromatic rings. The van der Waals surface area contributed by atoms with Crippen molar-refractivity contribution in [2.45, 2.75) is 24.8 Å². The molecule has 4 atom stereocenters. The van der Waals surface area contributed by atoms with Crippen molar-refractivity contribution in [2.24, 2.45) is 0 Å². The second kappa shape index (κ2) is 4.95. The summed E-state index contributed by atoms with van der Waals surface area (Å²) in [7, 11) is 0. The summed E-state index contributed by atoms with van der Waals surface area (Å²) >= 11 is 0. The van der Waals surface area contributed by atoms with Gasteiger partial charge >= 0.3 is 0 Å². The zero-order valence-electron chi connectivity index (χ0n) is 9.00. The summed E-state index contributed by atoms with van der Waals surface area (Å²) in [6.07, 6.45) is -0.0726. The largest absolute Gasteiger partial charge is 0.371 e. The van der Waals surface area contributed by atoms with E-state index in [0.717, 1.165) is 13.2 Å². The lowest BCUT2D eigenvalue weighted by molar-refractivity contribution is -0.290. The molecule has 4 unspecified atom stereocenters. The Labute approximate surface area is 93.7 Å². The fraction of sp³-hybridized carbons (Fsp3) is 1.00. The van der Waals surface area contributed by atoms with Crippen LogP contribution >= 0.6 is 0 Å². The molecule has 0 bridgehead atoms. The van der Waals surface area contributed by atoms with Crippen LogP contribution in [-0.2, 0) is 28.4 Å². The van der Waals surface area contributed by atoms with Gasteiger partial charge in [0, 0.05) is 0 Å². The van der Waals surface area contributed by atoms with Gasteiger partial charge in [0.05, 0.1) is 26.4 Å². The molecule has 16 heavy (non-hydrogen) atoms. The monoisotopic (exact) mass is 232 g/mol. The zero-order valence-corrected chi connectivity index (χ0v) is 9.00. The Bertz CT molecular complexity index is 195. The van der Waals surface area contributed by atoms with Crippen molar-refractivity contribution < 1.29 is 28.4 Å². The Morgan fingerprint density at radius 1 is 0.688 bits per heavy atom. The molecule has 0 aromatic carbocycles. The van der Waals surface area contributed by atoms with Crippen molar-refractivity contribution in [3.63, 3.8) is 0 Å². The summed E-state index contributed by atoms with van der Waals surface area (Å²) < 4.78 is 31.9. The van der Waals surface area contributed by atoms with Crippen LogP contribution in [0.5, 0.6) is 0 Å². The summed E-state index contributed by atoms with van der Waals surface area (Å²) in [4.78, 5) is 0. The highest BCUT2D eigenvalue weighted by Crippen LogP contribution is 2.16. The fourth-order valence-electron chi connectivity index (χ4n) is 1.42. The molecule has 0 aromatic heterocycles. The van der Waals surface area contributed by atoms with Gasteiger partial charge in [-0.2, -0.15) is 0 Å². The minimum Gasteiger partial charge on any atom is -0.371 e. The molecule has 0 N–H and O–H groups in total. The molecule has 3 heterocycles. The molecule has 3 aliphatic rings. The quantitative estimate of drug-likeness (QED) is 0.576. The highest BCUT2D eigenvalue weighted by atomic mass is 16.8. The summed E-state index contributed by atoms with van der Waals surface area (Å²) in [6, 6.07) is 0. The van der Waals surface area contributed by atoms with Crippen LogP contribution in [0.15, 0.2) is 0 Å². The minimum atomic E-state index is -0.291. The summed E-state index contributed by atoms with van der Waals surface area (Å²) in [5, 5.41) is 0. The standard InChI is InChI=1S/C10H16O6/c1-7(11-1)3-13-9-5-16-10(6-15-9)14-4-8-2-12-8/h7-10H,1-6H2. The number of hydrogen-bond donors (Lipinski definition) is 0. The van der Waals surface area contributed by atoms with Crippen molar-refractivity contribution in [3.05, 3.63) is 0 Å². The predicted molar refractivity (Wildman–Crippen MR) is 50.9 cm³/mol. The number of hydrogen-bond acceptors (Lipinski definition) is 6. The molecule has 0 saturated carbocycles. The van der Waals surface area contributed by atoms with E-state index in [4.69, 9.17) is 28.4 Å². The lowest BCUT2D eigenvalue weighted by Crippen LogP contribution is -2.39. The maximum absolute atomic E-state index is 5.45. The topological polar surface area (TPSA) is 62.0 Å². The van der Waals surface area contributed by atoms with Crippen LogP contribution in [0, 0.1) is 0 Å². The highest BCUT2D eigenvalue weighted by Gasteiger charge is 2.29. The molecule has 0 amide bonds. The van der Waals surface area contributed by atoms with Gasteiger partial charge in [-0.15, -0.1) is 0 Å². The van der Waals surface area contributed by atoms with E-state index in [-0.39, 0.29) is 24.8 Å². The summed E-state index contributed by atoms with van der Waals surface area (Å²) in [6.45, 7) is 3.55. The molecule has 3 rings (SSSR count). The van der Waals surface area contributed by atoms with E-state index >= 15 is 0 Å². The van der Waals surface area contributed by atoms with Gasteiger partial charge < -0.3 is 28.4 Å². The molecule has 6 heteroatoms. The van der Waals surface area contributed by atoms with Crippen molar-refractivity contribution in [1.82, 2.24) is 0 Å². The fourth-order valence-corrected chi connectivity index (χ4v) is 1.42. The van der Waals surface area contributed by atoms with Crippen LogP contribution in [0.3, 0.4) is 0 Å². The first-order chi connectivity index (χ1) is 7.90. The van der Waals surface area contributed by atoms with Gasteiger partial charge in [-0.3, -0.25) is 0 Å². The van der Waals surface area contributed by atoms with Crippen LogP contribution in [0.1, 0.15) is 0 Å². The van der Waals surface area contributed by atoms with Crippen LogP contribution in [0.25, 0.3) is 0 Å². The van der Waals surface area contributed by atoms with E-state index in [2.05, 4.69) is 0 Å². The van der Waals surface area contributed by atoms with Crippen LogP contribution in [0.2, 0.25) is 0 Å². The van der Waals surface area contributed by atoms with E-state index in [9.17, 15) is 0 Å². The van der Waals surface area contributed by atoms with Crippen molar-refractivity contribution in [1.29, 1.82) is 0 Å². The molecule has 0 spiro atoms. The van der Waals surface area contributed by atoms with Crippen LogP contribution < -0.4 is 0 Å². The Kier molecular flexibility index (Phi) is 3.37. The van der Waals surface area contributed by atoms with Crippen molar-refractivity contribution >= 4 is 0 Å². The van der Waals surface area contributed by atoms with E-state index in [1.165, 1.54) is 0 Å². The average molecular weight is 232 g/mol. The molecule has 6 nitrogen and oxygen atoms in total. The van der Waals surface area contributed by atoms with E-state index in [0.29, 0.717) is 26.4 Å². The average Bonchev–Trinajstić information content (AvgIpc) is 3.17. The van der Waals surface area contributed by atoms with Gasteiger partial charge in [0.15, 0.2) is 12.6 Å². The summed E-state index contributed by atoms with van der Waals surface area (Å²) in [5.41, 5.74) is 0. The summed E-state index contributed by atoms with van der Waals surface area (Å²) in [5.74, 6) is 0. The Morgan fingerprint density at radius 2 is 1.12 bits per heavy atom. The Balaban J connectivity index is 1.28. The molecule has 0 radical (unpaired) electrons. The third kappa shape index (κ3) is 3.38. The molecular weight excluding hydrogens is 216 g/mol. The SMILES string of the molecule is C1OC1COC1COC(OCC2CO2)CO1. The van der Waals surface area contributed by atoms with Crippen molar-refractivity contribution in [2.75, 3.05) is 39.6 Å². The van der Waals surface area contributed by atoms with Gasteiger partial charge in [0.25, 0.3) is 0 Å². The number of rotatable bonds is 6. The maximum Gasteiger partial charge on any atom is 0.181 e.